The van der Waals surface area contributed by atoms with Crippen LogP contribution < -0.4 is 4.74 Å². The van der Waals surface area contributed by atoms with Crippen LogP contribution >= 0.6 is 11.6 Å². The first-order valence-electron chi connectivity index (χ1n) is 4.32. The molecule has 0 saturated heterocycles. The average molecular weight is 212 g/mol. The summed E-state index contributed by atoms with van der Waals surface area (Å²) in [6, 6.07) is 5.47. The molecule has 0 bridgehead atoms. The van der Waals surface area contributed by atoms with Crippen LogP contribution in [0.25, 0.3) is 0 Å². The van der Waals surface area contributed by atoms with Crippen molar-refractivity contribution in [3.8, 4) is 5.75 Å². The zero-order chi connectivity index (χ0) is 9.97. The van der Waals surface area contributed by atoms with Crippen LogP contribution in [0.4, 0.5) is 0 Å². The average Bonchev–Trinajstić information content (AvgIpc) is 2.71. The number of nitrogens with zero attached hydrogens (tertiary/aromatic N) is 1. The van der Waals surface area contributed by atoms with Gasteiger partial charge in [-0.25, -0.2) is 4.99 Å². The first-order chi connectivity index (χ1) is 6.81. The third-order valence-electron chi connectivity index (χ3n) is 1.98. The van der Waals surface area contributed by atoms with Gasteiger partial charge in [0, 0.05) is 5.56 Å². The van der Waals surface area contributed by atoms with Crippen LogP contribution in [-0.2, 0) is 4.74 Å². The summed E-state index contributed by atoms with van der Waals surface area (Å²) in [7, 11) is 1.59. The summed E-state index contributed by atoms with van der Waals surface area (Å²) in [5.74, 6) is 1.31. The van der Waals surface area contributed by atoms with Gasteiger partial charge in [0.15, 0.2) is 0 Å². The van der Waals surface area contributed by atoms with Crippen LogP contribution in [-0.4, -0.2) is 26.2 Å². The predicted octanol–water partition coefficient (Wildman–Crippen LogP) is 2.13. The van der Waals surface area contributed by atoms with E-state index in [9.17, 15) is 0 Å². The number of ether oxygens (including phenoxy) is 2. The third-order valence-corrected chi connectivity index (χ3v) is 2.30. The van der Waals surface area contributed by atoms with E-state index in [2.05, 4.69) is 4.99 Å². The molecule has 1 heterocycles. The Balaban J connectivity index is 2.35. The van der Waals surface area contributed by atoms with Gasteiger partial charge in [-0.05, 0) is 18.2 Å². The summed E-state index contributed by atoms with van der Waals surface area (Å²) in [6.07, 6.45) is 0. The van der Waals surface area contributed by atoms with Crippen LogP contribution in [0.3, 0.4) is 0 Å². The lowest BCUT2D eigenvalue weighted by atomic mass is 10.2. The molecule has 0 aromatic heterocycles. The monoisotopic (exact) mass is 211 g/mol. The summed E-state index contributed by atoms with van der Waals surface area (Å²) in [4.78, 5) is 4.21. The Morgan fingerprint density at radius 3 is 3.00 bits per heavy atom. The standard InChI is InChI=1S/C10H10ClNO2/c1-13-9-6-7(2-3-8(9)11)10-12-4-5-14-10/h2-3,6H,4-5H2,1H3. The van der Waals surface area contributed by atoms with Gasteiger partial charge in [-0.15, -0.1) is 0 Å². The molecule has 14 heavy (non-hydrogen) atoms. The van der Waals surface area contributed by atoms with Crippen molar-refractivity contribution in [1.82, 2.24) is 0 Å². The van der Waals surface area contributed by atoms with E-state index in [4.69, 9.17) is 21.1 Å². The highest BCUT2D eigenvalue weighted by Crippen LogP contribution is 2.25. The second-order valence-corrected chi connectivity index (χ2v) is 3.29. The molecule has 4 heteroatoms. The maximum Gasteiger partial charge on any atom is 0.216 e. The molecule has 0 fully saturated rings. The number of rotatable bonds is 2. The van der Waals surface area contributed by atoms with E-state index >= 15 is 0 Å². The predicted molar refractivity (Wildman–Crippen MR) is 55.4 cm³/mol. The molecular weight excluding hydrogens is 202 g/mol. The van der Waals surface area contributed by atoms with Gasteiger partial charge in [0.05, 0.1) is 18.7 Å². The summed E-state index contributed by atoms with van der Waals surface area (Å²) in [5, 5.41) is 0.592. The van der Waals surface area contributed by atoms with Crippen molar-refractivity contribution in [1.29, 1.82) is 0 Å². The minimum absolute atomic E-state index is 0.592. The van der Waals surface area contributed by atoms with E-state index in [1.165, 1.54) is 0 Å². The number of hydrogen-bond acceptors (Lipinski definition) is 3. The lowest BCUT2D eigenvalue weighted by Crippen LogP contribution is -2.01. The fourth-order valence-electron chi connectivity index (χ4n) is 1.30. The molecule has 0 spiro atoms. The molecule has 74 valence electrons. The Labute approximate surface area is 87.3 Å². The molecule has 1 aliphatic rings. The minimum Gasteiger partial charge on any atom is -0.495 e. The molecule has 0 atom stereocenters. The molecule has 0 radical (unpaired) electrons. The molecule has 1 aliphatic heterocycles. The normalized spacial score (nSPS) is 14.9. The van der Waals surface area contributed by atoms with Gasteiger partial charge in [0.25, 0.3) is 0 Å². The zero-order valence-corrected chi connectivity index (χ0v) is 8.54. The van der Waals surface area contributed by atoms with E-state index < -0.39 is 0 Å². The van der Waals surface area contributed by atoms with Crippen molar-refractivity contribution < 1.29 is 9.47 Å². The second kappa shape index (κ2) is 3.88. The largest absolute Gasteiger partial charge is 0.495 e. The molecule has 1 aromatic rings. The summed E-state index contributed by atoms with van der Waals surface area (Å²) in [5.41, 5.74) is 0.906. The van der Waals surface area contributed by atoms with Crippen molar-refractivity contribution in [2.75, 3.05) is 20.3 Å². The molecule has 0 unspecified atom stereocenters. The van der Waals surface area contributed by atoms with Crippen LogP contribution in [0.5, 0.6) is 5.75 Å². The Morgan fingerprint density at radius 1 is 1.50 bits per heavy atom. The summed E-state index contributed by atoms with van der Waals surface area (Å²) < 4.78 is 10.4. The summed E-state index contributed by atoms with van der Waals surface area (Å²) >= 11 is 5.90. The quantitative estimate of drug-likeness (QED) is 0.751. The third kappa shape index (κ3) is 1.68. The van der Waals surface area contributed by atoms with Crippen LogP contribution in [0.2, 0.25) is 5.02 Å². The SMILES string of the molecule is COc1cc(C2=NCCO2)ccc1Cl. The van der Waals surface area contributed by atoms with Gasteiger partial charge in [-0.1, -0.05) is 11.6 Å². The smallest absolute Gasteiger partial charge is 0.216 e. The van der Waals surface area contributed by atoms with Gasteiger partial charge < -0.3 is 9.47 Å². The van der Waals surface area contributed by atoms with Gasteiger partial charge in [0.2, 0.25) is 5.90 Å². The molecule has 0 aliphatic carbocycles. The van der Waals surface area contributed by atoms with E-state index in [0.29, 0.717) is 23.3 Å². The first kappa shape index (κ1) is 9.34. The van der Waals surface area contributed by atoms with Crippen LogP contribution in [0, 0.1) is 0 Å². The van der Waals surface area contributed by atoms with Crippen molar-refractivity contribution >= 4 is 17.5 Å². The van der Waals surface area contributed by atoms with Gasteiger partial charge >= 0.3 is 0 Å². The number of halogens is 1. The molecule has 0 N–H and O–H groups in total. The number of aliphatic imine (C=N–C) groups is 1. The lowest BCUT2D eigenvalue weighted by molar-refractivity contribution is 0.348. The number of methoxy groups -OCH3 is 1. The van der Waals surface area contributed by atoms with E-state index in [1.54, 1.807) is 13.2 Å². The topological polar surface area (TPSA) is 30.8 Å². The van der Waals surface area contributed by atoms with E-state index in [0.717, 1.165) is 12.1 Å². The number of hydrogen-bond donors (Lipinski definition) is 0. The fourth-order valence-corrected chi connectivity index (χ4v) is 1.50. The maximum atomic E-state index is 5.90. The molecule has 1 aromatic carbocycles. The Kier molecular flexibility index (Phi) is 2.59. The van der Waals surface area contributed by atoms with Gasteiger partial charge in [-0.2, -0.15) is 0 Å². The van der Waals surface area contributed by atoms with Crippen molar-refractivity contribution in [2.45, 2.75) is 0 Å². The first-order valence-corrected chi connectivity index (χ1v) is 4.70. The van der Waals surface area contributed by atoms with E-state index in [-0.39, 0.29) is 0 Å². The Hall–Kier alpha value is -1.22. The number of benzene rings is 1. The highest BCUT2D eigenvalue weighted by atomic mass is 35.5. The highest BCUT2D eigenvalue weighted by molar-refractivity contribution is 6.32. The molecule has 2 rings (SSSR count). The Bertz CT molecular complexity index is 376. The molecule has 3 nitrogen and oxygen atoms in total. The molecular formula is C10H10ClNO2. The fraction of sp³-hybridized carbons (Fsp3) is 0.300. The van der Waals surface area contributed by atoms with Gasteiger partial charge in [0.1, 0.15) is 12.4 Å². The van der Waals surface area contributed by atoms with Gasteiger partial charge in [-0.3, -0.25) is 0 Å². The van der Waals surface area contributed by atoms with Crippen molar-refractivity contribution in [3.63, 3.8) is 0 Å². The lowest BCUT2D eigenvalue weighted by Gasteiger charge is -2.06. The van der Waals surface area contributed by atoms with E-state index in [1.807, 2.05) is 12.1 Å². The summed E-state index contributed by atoms with van der Waals surface area (Å²) in [6.45, 7) is 1.38. The van der Waals surface area contributed by atoms with Crippen LogP contribution in [0.15, 0.2) is 23.2 Å². The highest BCUT2D eigenvalue weighted by Gasteiger charge is 2.12. The minimum atomic E-state index is 0.592. The molecule has 0 amide bonds. The second-order valence-electron chi connectivity index (χ2n) is 2.88. The van der Waals surface area contributed by atoms with Crippen molar-refractivity contribution in [2.24, 2.45) is 4.99 Å². The maximum absolute atomic E-state index is 5.90. The Morgan fingerprint density at radius 2 is 2.36 bits per heavy atom. The zero-order valence-electron chi connectivity index (χ0n) is 7.79. The van der Waals surface area contributed by atoms with Crippen molar-refractivity contribution in [3.05, 3.63) is 28.8 Å². The molecule has 0 saturated carbocycles. The van der Waals surface area contributed by atoms with Crippen LogP contribution in [0.1, 0.15) is 5.56 Å².